The van der Waals surface area contributed by atoms with Crippen LogP contribution in [0.2, 0.25) is 0 Å². The summed E-state index contributed by atoms with van der Waals surface area (Å²) < 4.78 is 4.46. The molecule has 3 heterocycles. The van der Waals surface area contributed by atoms with E-state index in [2.05, 4.69) is 88.2 Å². The predicted octanol–water partition coefficient (Wildman–Crippen LogP) is 7.16. The summed E-state index contributed by atoms with van der Waals surface area (Å²) in [7, 11) is 4.76. The number of aldehydes is 1. The average molecular weight is 769 g/mol. The fourth-order valence-corrected chi connectivity index (χ4v) is 7.01. The number of carbonyl (C=O) groups is 3. The maximum absolute atomic E-state index is 10.6. The number of benzene rings is 2. The van der Waals surface area contributed by atoms with Gasteiger partial charge in [0.2, 0.25) is 6.41 Å². The minimum atomic E-state index is -0.299. The number of rotatable bonds is 11. The molecule has 0 radical (unpaired) electrons. The second-order valence-electron chi connectivity index (χ2n) is 14.1. The average Bonchev–Trinajstić information content (AvgIpc) is 4.09. The van der Waals surface area contributed by atoms with Crippen molar-refractivity contribution in [2.75, 3.05) is 34.4 Å². The van der Waals surface area contributed by atoms with E-state index < -0.39 is 0 Å². The molecule has 2 amide bonds. The SMILES string of the molecule is CN1CCCC1c1ncc(-c2ccc(C#Cc3ccc4nc(CCCCNC=O)[nH]c4c3)cc2)[nH]1.COC(=O)NC1CCCC1.CON=O.O=CC1CCCC1. The smallest absolute Gasteiger partial charge is 0.407 e. The van der Waals surface area contributed by atoms with Gasteiger partial charge in [-0.05, 0) is 101 Å². The number of ether oxygens (including phenoxy) is 1. The number of aromatic nitrogens is 4. The molecule has 14 nitrogen and oxygen atoms in total. The zero-order valence-corrected chi connectivity index (χ0v) is 32.9. The van der Waals surface area contributed by atoms with Crippen LogP contribution < -0.4 is 10.6 Å². The molecule has 0 bridgehead atoms. The summed E-state index contributed by atoms with van der Waals surface area (Å²) in [6, 6.07) is 15.1. The minimum absolute atomic E-state index is 0.299. The van der Waals surface area contributed by atoms with Crippen LogP contribution in [0.25, 0.3) is 22.3 Å². The highest BCUT2D eigenvalue weighted by Crippen LogP contribution is 2.30. The first-order valence-electron chi connectivity index (χ1n) is 19.6. The summed E-state index contributed by atoms with van der Waals surface area (Å²) in [5.74, 6) is 8.97. The molecular weight excluding hydrogens is 713 g/mol. The number of alkyl carbamates (subject to hydrolysis) is 1. The minimum Gasteiger partial charge on any atom is -0.453 e. The van der Waals surface area contributed by atoms with Crippen LogP contribution in [0.3, 0.4) is 0 Å². The summed E-state index contributed by atoms with van der Waals surface area (Å²) in [5, 5.41) is 7.44. The Kier molecular flexibility index (Phi) is 18.6. The molecule has 0 spiro atoms. The number of aromatic amines is 2. The Bertz CT molecular complexity index is 1850. The van der Waals surface area contributed by atoms with Gasteiger partial charge in [-0.15, -0.1) is 4.91 Å². The number of hydrogen-bond acceptors (Lipinski definition) is 10. The third-order valence-corrected chi connectivity index (χ3v) is 10.1. The van der Waals surface area contributed by atoms with E-state index in [-0.39, 0.29) is 6.09 Å². The lowest BCUT2D eigenvalue weighted by Gasteiger charge is -2.16. The molecule has 1 saturated heterocycles. The number of aryl methyl sites for hydroxylation is 1. The van der Waals surface area contributed by atoms with Crippen LogP contribution in [0.15, 0.2) is 54.0 Å². The topological polar surface area (TPSA) is 184 Å². The van der Waals surface area contributed by atoms with Crippen molar-refractivity contribution in [3.8, 4) is 23.1 Å². The Morgan fingerprint density at radius 2 is 1.64 bits per heavy atom. The van der Waals surface area contributed by atoms with Crippen LogP contribution in [-0.4, -0.2) is 84.0 Å². The molecule has 2 aromatic carbocycles. The van der Waals surface area contributed by atoms with Crippen LogP contribution in [-0.2, 0) is 25.6 Å². The quantitative estimate of drug-likeness (QED) is 0.0404. The molecule has 2 aromatic heterocycles. The summed E-state index contributed by atoms with van der Waals surface area (Å²) in [5.41, 5.74) is 6.02. The van der Waals surface area contributed by atoms with Gasteiger partial charge in [0.25, 0.3) is 0 Å². The number of imidazole rings is 2. The van der Waals surface area contributed by atoms with Gasteiger partial charge in [0, 0.05) is 36.1 Å². The molecule has 300 valence electrons. The van der Waals surface area contributed by atoms with Crippen molar-refractivity contribution >= 4 is 29.8 Å². The van der Waals surface area contributed by atoms with Gasteiger partial charge in [0.15, 0.2) is 5.34 Å². The lowest BCUT2D eigenvalue weighted by Crippen LogP contribution is -2.32. The molecule has 3 fully saturated rings. The van der Waals surface area contributed by atoms with Crippen molar-refractivity contribution in [3.05, 3.63) is 76.3 Å². The largest absolute Gasteiger partial charge is 0.453 e. The van der Waals surface area contributed by atoms with E-state index in [0.29, 0.717) is 24.5 Å². The van der Waals surface area contributed by atoms with Gasteiger partial charge >= 0.3 is 6.09 Å². The molecule has 2 saturated carbocycles. The van der Waals surface area contributed by atoms with Crippen LogP contribution in [0.5, 0.6) is 0 Å². The van der Waals surface area contributed by atoms with Crippen molar-refractivity contribution in [3.63, 3.8) is 0 Å². The summed E-state index contributed by atoms with van der Waals surface area (Å²) >= 11 is 0. The molecule has 1 atom stereocenters. The highest BCUT2D eigenvalue weighted by Gasteiger charge is 2.25. The van der Waals surface area contributed by atoms with Gasteiger partial charge in [-0.3, -0.25) is 9.69 Å². The number of methoxy groups -OCH3 is 1. The monoisotopic (exact) mass is 768 g/mol. The van der Waals surface area contributed by atoms with Gasteiger partial charge in [0.1, 0.15) is 25.0 Å². The number of likely N-dealkylation sites (tertiary alicyclic amines) is 1. The molecular formula is C42H56N8O6. The van der Waals surface area contributed by atoms with Crippen molar-refractivity contribution in [2.24, 2.45) is 11.3 Å². The number of nitrogens with one attached hydrogen (secondary N) is 4. The highest BCUT2D eigenvalue weighted by molar-refractivity contribution is 5.77. The van der Waals surface area contributed by atoms with Crippen molar-refractivity contribution < 1.29 is 24.0 Å². The van der Waals surface area contributed by atoms with Crippen LogP contribution in [0, 0.1) is 22.7 Å². The predicted molar refractivity (Wildman–Crippen MR) is 216 cm³/mol. The summed E-state index contributed by atoms with van der Waals surface area (Å²) in [4.78, 5) is 61.8. The van der Waals surface area contributed by atoms with Gasteiger partial charge in [-0.25, -0.2) is 14.8 Å². The fraction of sp³-hybridized carbons (Fsp3) is 0.500. The number of hydrogen-bond donors (Lipinski definition) is 4. The number of H-pyrrole nitrogens is 2. The van der Waals surface area contributed by atoms with E-state index >= 15 is 0 Å². The normalized spacial score (nSPS) is 16.4. The zero-order valence-electron chi connectivity index (χ0n) is 32.9. The fourth-order valence-electron chi connectivity index (χ4n) is 7.01. The van der Waals surface area contributed by atoms with Crippen LogP contribution in [0.1, 0.15) is 106 Å². The Morgan fingerprint density at radius 1 is 0.946 bits per heavy atom. The van der Waals surface area contributed by atoms with Crippen molar-refractivity contribution in [2.45, 2.75) is 95.6 Å². The number of nitrogens with zero attached hydrogens (tertiary/aromatic N) is 4. The molecule has 14 heteroatoms. The van der Waals surface area contributed by atoms with Gasteiger partial charge < -0.3 is 35.0 Å². The highest BCUT2D eigenvalue weighted by atomic mass is 16.7. The third kappa shape index (κ3) is 14.3. The molecule has 4 aromatic rings. The van der Waals surface area contributed by atoms with E-state index in [4.69, 9.17) is 4.91 Å². The second kappa shape index (κ2) is 24.1. The van der Waals surface area contributed by atoms with Gasteiger partial charge in [-0.2, -0.15) is 0 Å². The zero-order chi connectivity index (χ0) is 40.0. The first-order valence-corrected chi connectivity index (χ1v) is 19.6. The van der Waals surface area contributed by atoms with E-state index in [1.54, 1.807) is 0 Å². The third-order valence-electron chi connectivity index (χ3n) is 10.1. The molecule has 56 heavy (non-hydrogen) atoms. The lowest BCUT2D eigenvalue weighted by molar-refractivity contribution is -0.111. The molecule has 1 aliphatic heterocycles. The molecule has 7 rings (SSSR count). The molecule has 1 unspecified atom stereocenters. The maximum Gasteiger partial charge on any atom is 0.407 e. The van der Waals surface area contributed by atoms with Gasteiger partial charge in [0.05, 0.1) is 36.1 Å². The van der Waals surface area contributed by atoms with E-state index in [0.717, 1.165) is 116 Å². The number of unbranched alkanes of at least 4 members (excludes halogenated alkanes) is 1. The van der Waals surface area contributed by atoms with Crippen LogP contribution >= 0.6 is 0 Å². The number of amides is 2. The second-order valence-corrected chi connectivity index (χ2v) is 14.1. The van der Waals surface area contributed by atoms with Crippen LogP contribution in [0.4, 0.5) is 4.79 Å². The van der Waals surface area contributed by atoms with Crippen molar-refractivity contribution in [1.29, 1.82) is 0 Å². The summed E-state index contributed by atoms with van der Waals surface area (Å²) in [6.07, 6.45) is 18.1. The Morgan fingerprint density at radius 3 is 2.27 bits per heavy atom. The van der Waals surface area contributed by atoms with Crippen molar-refractivity contribution in [1.82, 2.24) is 35.5 Å². The number of fused-ring (bicyclic) bond motifs is 1. The van der Waals surface area contributed by atoms with E-state index in [9.17, 15) is 14.4 Å². The lowest BCUT2D eigenvalue weighted by atomic mass is 10.1. The Labute approximate surface area is 329 Å². The Balaban J connectivity index is 0.000000268. The van der Waals surface area contributed by atoms with E-state index in [1.807, 2.05) is 29.7 Å². The molecule has 2 aliphatic carbocycles. The first kappa shape index (κ1) is 43.2. The first-order chi connectivity index (χ1) is 27.4. The molecule has 4 N–H and O–H groups in total. The maximum atomic E-state index is 10.6. The Hall–Kier alpha value is -5.55. The summed E-state index contributed by atoms with van der Waals surface area (Å²) in [6.45, 7) is 1.83. The standard InChI is InChI=1S/C28H30N6O.C7H13NO2.C6H10O.CH3NO2/c1-34-16-4-5-26(34)28-30-18-25(33-28)22-12-9-20(10-13-22)7-8-21-11-14-23-24(17-21)32-27(31-23)6-2-3-15-29-19-35;1-10-7(9)8-6-4-2-3-5-6;7-5-6-3-1-2-4-6;1-4-2-3/h9-14,17-19,26H,2-6,15-16H2,1H3,(H,29,35)(H,30,33)(H,31,32);6H,2-5H2,1H3,(H,8,9);5-6H,1-4H2;1H3. The molecule has 3 aliphatic rings. The van der Waals surface area contributed by atoms with E-state index in [1.165, 1.54) is 46.3 Å². The number of carbonyl (C=O) groups excluding carboxylic acids is 3. The van der Waals surface area contributed by atoms with Gasteiger partial charge in [-0.1, -0.05) is 49.7 Å².